The summed E-state index contributed by atoms with van der Waals surface area (Å²) >= 11 is 0. The number of nitrogens with one attached hydrogen (secondary N) is 1. The second kappa shape index (κ2) is 8.11. The molecule has 6 nitrogen and oxygen atoms in total. The van der Waals surface area contributed by atoms with Gasteiger partial charge >= 0.3 is 0 Å². The minimum absolute atomic E-state index is 0.0393. The van der Waals surface area contributed by atoms with E-state index in [1.165, 1.54) is 12.1 Å². The zero-order valence-corrected chi connectivity index (χ0v) is 13.2. The van der Waals surface area contributed by atoms with Crippen molar-refractivity contribution in [2.75, 3.05) is 13.2 Å². The normalized spacial score (nSPS) is 12.9. The van der Waals surface area contributed by atoms with Crippen molar-refractivity contribution in [1.29, 1.82) is 0 Å². The van der Waals surface area contributed by atoms with Crippen LogP contribution in [-0.4, -0.2) is 27.5 Å². The highest BCUT2D eigenvalue weighted by molar-refractivity contribution is 7.89. The Morgan fingerprint density at radius 3 is 2.76 bits per heavy atom. The van der Waals surface area contributed by atoms with Gasteiger partial charge in [0.2, 0.25) is 15.9 Å². The molecule has 0 aliphatic carbocycles. The summed E-state index contributed by atoms with van der Waals surface area (Å²) in [6, 6.07) is 5.97. The molecule has 0 radical (unpaired) electrons. The first-order chi connectivity index (χ1) is 9.84. The Bertz CT molecular complexity index is 572. The molecule has 1 unspecified atom stereocenters. The molecular weight excluding hydrogens is 292 g/mol. The molecule has 1 atom stereocenters. The summed E-state index contributed by atoms with van der Waals surface area (Å²) in [6.07, 6.45) is 1.03. The van der Waals surface area contributed by atoms with Crippen LogP contribution in [0.1, 0.15) is 38.3 Å². The number of carbonyl (C=O) groups excluding carboxylic acids is 1. The summed E-state index contributed by atoms with van der Waals surface area (Å²) in [4.78, 5) is 11.8. The van der Waals surface area contributed by atoms with Crippen LogP contribution in [-0.2, 0) is 19.6 Å². The highest BCUT2D eigenvalue weighted by Crippen LogP contribution is 2.16. The molecule has 0 fully saturated rings. The molecule has 7 heteroatoms. The second-order valence-corrected chi connectivity index (χ2v) is 6.27. The highest BCUT2D eigenvalue weighted by Gasteiger charge is 2.13. The van der Waals surface area contributed by atoms with Gasteiger partial charge in [0.05, 0.1) is 10.9 Å². The van der Waals surface area contributed by atoms with Crippen LogP contribution >= 0.6 is 0 Å². The molecule has 0 aliphatic heterocycles. The smallest absolute Gasteiger partial charge is 0.238 e. The Morgan fingerprint density at radius 1 is 1.43 bits per heavy atom. The number of carbonyl (C=O) groups is 1. The Morgan fingerprint density at radius 2 is 2.14 bits per heavy atom. The number of nitrogens with two attached hydrogens (primary N) is 1. The number of amides is 1. The summed E-state index contributed by atoms with van der Waals surface area (Å²) < 4.78 is 27.8. The van der Waals surface area contributed by atoms with Crippen molar-refractivity contribution in [2.24, 2.45) is 5.14 Å². The third-order valence-electron chi connectivity index (χ3n) is 2.96. The molecule has 21 heavy (non-hydrogen) atoms. The zero-order chi connectivity index (χ0) is 15.9. The maximum Gasteiger partial charge on any atom is 0.238 e. The Balaban J connectivity index is 2.59. The van der Waals surface area contributed by atoms with Crippen LogP contribution < -0.4 is 10.5 Å². The molecule has 1 amide bonds. The van der Waals surface area contributed by atoms with Crippen LogP contribution in [0, 0.1) is 0 Å². The minimum atomic E-state index is -3.74. The largest absolute Gasteiger partial charge is 0.382 e. The average Bonchev–Trinajstić information content (AvgIpc) is 2.43. The summed E-state index contributed by atoms with van der Waals surface area (Å²) in [5.41, 5.74) is 0.694. The van der Waals surface area contributed by atoms with Gasteiger partial charge in [-0.2, -0.15) is 0 Å². The lowest BCUT2D eigenvalue weighted by atomic mass is 10.1. The predicted octanol–water partition coefficient (Wildman–Crippen LogP) is 1.33. The fraction of sp³-hybridized carbons (Fsp3) is 0.500. The first-order valence-electron chi connectivity index (χ1n) is 6.84. The molecule has 0 spiro atoms. The topological polar surface area (TPSA) is 98.5 Å². The van der Waals surface area contributed by atoms with Crippen molar-refractivity contribution in [1.82, 2.24) is 5.32 Å². The fourth-order valence-corrected chi connectivity index (χ4v) is 2.41. The molecular formula is C14H22N2O4S. The summed E-state index contributed by atoms with van der Waals surface area (Å²) in [5.74, 6) is -0.0942. The quantitative estimate of drug-likeness (QED) is 0.707. The third kappa shape index (κ3) is 6.24. The number of ether oxygens (including phenoxy) is 1. The zero-order valence-electron chi connectivity index (χ0n) is 12.3. The highest BCUT2D eigenvalue weighted by atomic mass is 32.2. The fourth-order valence-electron chi connectivity index (χ4n) is 1.84. The lowest BCUT2D eigenvalue weighted by molar-refractivity contribution is -0.122. The predicted molar refractivity (Wildman–Crippen MR) is 80.1 cm³/mol. The maximum absolute atomic E-state index is 11.8. The molecule has 1 aromatic carbocycles. The van der Waals surface area contributed by atoms with Gasteiger partial charge in [0.15, 0.2) is 0 Å². The van der Waals surface area contributed by atoms with E-state index in [4.69, 9.17) is 9.88 Å². The third-order valence-corrected chi connectivity index (χ3v) is 3.87. The Kier molecular flexibility index (Phi) is 6.80. The van der Waals surface area contributed by atoms with E-state index in [0.717, 1.165) is 0 Å². The van der Waals surface area contributed by atoms with E-state index in [1.807, 2.05) is 6.92 Å². The van der Waals surface area contributed by atoms with Crippen LogP contribution in [0.5, 0.6) is 0 Å². The monoisotopic (exact) mass is 314 g/mol. The van der Waals surface area contributed by atoms with Gasteiger partial charge < -0.3 is 10.1 Å². The molecule has 118 valence electrons. The van der Waals surface area contributed by atoms with Crippen molar-refractivity contribution >= 4 is 15.9 Å². The van der Waals surface area contributed by atoms with Crippen LogP contribution in [0.15, 0.2) is 29.2 Å². The number of hydrogen-bond acceptors (Lipinski definition) is 4. The number of benzene rings is 1. The van der Waals surface area contributed by atoms with E-state index < -0.39 is 10.0 Å². The number of rotatable bonds is 8. The second-order valence-electron chi connectivity index (χ2n) is 4.71. The standard InChI is InChI=1S/C14H22N2O4S/c1-3-20-9-5-8-14(17)16-11(2)12-6-4-7-13(10-12)21(15,18)19/h4,6-7,10-11H,3,5,8-9H2,1-2H3,(H,16,17)(H2,15,18,19). The van der Waals surface area contributed by atoms with Gasteiger partial charge in [-0.15, -0.1) is 0 Å². The van der Waals surface area contributed by atoms with E-state index in [0.29, 0.717) is 31.6 Å². The van der Waals surface area contributed by atoms with E-state index in [-0.39, 0.29) is 16.8 Å². The number of hydrogen-bond donors (Lipinski definition) is 2. The lowest BCUT2D eigenvalue weighted by Gasteiger charge is -2.15. The SMILES string of the molecule is CCOCCCC(=O)NC(C)c1cccc(S(N)(=O)=O)c1. The average molecular weight is 314 g/mol. The van der Waals surface area contributed by atoms with Gasteiger partial charge in [0.1, 0.15) is 0 Å². The van der Waals surface area contributed by atoms with Crippen molar-refractivity contribution in [3.05, 3.63) is 29.8 Å². The summed E-state index contributed by atoms with van der Waals surface area (Å²) in [7, 11) is -3.74. The maximum atomic E-state index is 11.8. The minimum Gasteiger partial charge on any atom is -0.382 e. The molecule has 0 saturated heterocycles. The van der Waals surface area contributed by atoms with Crippen molar-refractivity contribution in [3.8, 4) is 0 Å². The van der Waals surface area contributed by atoms with E-state index in [2.05, 4.69) is 5.32 Å². The first-order valence-corrected chi connectivity index (χ1v) is 8.39. The van der Waals surface area contributed by atoms with Gasteiger partial charge in [-0.25, -0.2) is 13.6 Å². The van der Waals surface area contributed by atoms with Crippen molar-refractivity contribution in [3.63, 3.8) is 0 Å². The van der Waals surface area contributed by atoms with Gasteiger partial charge in [-0.05, 0) is 38.0 Å². The van der Waals surface area contributed by atoms with Crippen LogP contribution in [0.25, 0.3) is 0 Å². The van der Waals surface area contributed by atoms with Gasteiger partial charge in [0.25, 0.3) is 0 Å². The molecule has 0 aromatic heterocycles. The molecule has 1 rings (SSSR count). The molecule has 3 N–H and O–H groups in total. The molecule has 0 heterocycles. The lowest BCUT2D eigenvalue weighted by Crippen LogP contribution is -2.26. The van der Waals surface area contributed by atoms with Gasteiger partial charge in [-0.1, -0.05) is 12.1 Å². The van der Waals surface area contributed by atoms with Crippen LogP contribution in [0.4, 0.5) is 0 Å². The molecule has 1 aromatic rings. The first kappa shape index (κ1) is 17.6. The number of sulfonamides is 1. The summed E-state index contributed by atoms with van der Waals surface area (Å²) in [5, 5.41) is 7.91. The molecule has 0 saturated carbocycles. The van der Waals surface area contributed by atoms with Crippen LogP contribution in [0.2, 0.25) is 0 Å². The number of primary sulfonamides is 1. The van der Waals surface area contributed by atoms with E-state index in [1.54, 1.807) is 19.1 Å². The molecule has 0 bridgehead atoms. The molecule has 0 aliphatic rings. The summed E-state index contributed by atoms with van der Waals surface area (Å²) in [6.45, 7) is 4.89. The van der Waals surface area contributed by atoms with Crippen molar-refractivity contribution < 1.29 is 17.9 Å². The van der Waals surface area contributed by atoms with Gasteiger partial charge in [-0.3, -0.25) is 4.79 Å². The van der Waals surface area contributed by atoms with Gasteiger partial charge in [0, 0.05) is 19.6 Å². The van der Waals surface area contributed by atoms with Crippen molar-refractivity contribution in [2.45, 2.75) is 37.6 Å². The van der Waals surface area contributed by atoms with Crippen LogP contribution in [0.3, 0.4) is 0 Å². The van der Waals surface area contributed by atoms with E-state index >= 15 is 0 Å². The van der Waals surface area contributed by atoms with E-state index in [9.17, 15) is 13.2 Å². The Labute approximate surface area is 125 Å². The Hall–Kier alpha value is -1.44.